The van der Waals surface area contributed by atoms with Crippen LogP contribution in [0.1, 0.15) is 12.5 Å². The molecule has 0 bridgehead atoms. The standard InChI is InChI=1S/C12H18FNO3S2/c1-12(15,9-18-2)8-14-19(16,17)7-10-3-5-11(13)6-4-10/h3-6,14-15H,7-9H2,1-2H3. The average Bonchev–Trinajstić information content (AvgIpc) is 2.30. The van der Waals surface area contributed by atoms with Crippen LogP contribution >= 0.6 is 11.8 Å². The van der Waals surface area contributed by atoms with E-state index in [0.717, 1.165) is 0 Å². The molecule has 1 aromatic carbocycles. The van der Waals surface area contributed by atoms with Gasteiger partial charge in [0, 0.05) is 12.3 Å². The summed E-state index contributed by atoms with van der Waals surface area (Å²) in [7, 11) is -3.54. The van der Waals surface area contributed by atoms with Crippen molar-refractivity contribution in [2.45, 2.75) is 18.3 Å². The Hall–Kier alpha value is -0.630. The molecule has 0 radical (unpaired) electrons. The third-order valence-corrected chi connectivity index (χ3v) is 4.61. The fraction of sp³-hybridized carbons (Fsp3) is 0.500. The molecule has 0 aliphatic rings. The lowest BCUT2D eigenvalue weighted by Crippen LogP contribution is -2.42. The van der Waals surface area contributed by atoms with E-state index >= 15 is 0 Å². The van der Waals surface area contributed by atoms with Gasteiger partial charge in [0.25, 0.3) is 0 Å². The van der Waals surface area contributed by atoms with E-state index in [0.29, 0.717) is 11.3 Å². The lowest BCUT2D eigenvalue weighted by Gasteiger charge is -2.22. The minimum atomic E-state index is -3.54. The maximum absolute atomic E-state index is 12.7. The van der Waals surface area contributed by atoms with Crippen molar-refractivity contribution in [2.24, 2.45) is 0 Å². The van der Waals surface area contributed by atoms with Crippen LogP contribution in [0.25, 0.3) is 0 Å². The second-order valence-corrected chi connectivity index (χ2v) is 7.31. The summed E-state index contributed by atoms with van der Waals surface area (Å²) >= 11 is 1.44. The van der Waals surface area contributed by atoms with Gasteiger partial charge in [-0.2, -0.15) is 11.8 Å². The minimum Gasteiger partial charge on any atom is -0.388 e. The number of halogens is 1. The van der Waals surface area contributed by atoms with Gasteiger partial charge in [0.2, 0.25) is 10.0 Å². The van der Waals surface area contributed by atoms with Gasteiger partial charge in [-0.1, -0.05) is 12.1 Å². The van der Waals surface area contributed by atoms with Gasteiger partial charge >= 0.3 is 0 Å². The third kappa shape index (κ3) is 6.38. The molecule has 19 heavy (non-hydrogen) atoms. The summed E-state index contributed by atoms with van der Waals surface area (Å²) in [5, 5.41) is 9.88. The van der Waals surface area contributed by atoms with Crippen molar-refractivity contribution >= 4 is 21.8 Å². The van der Waals surface area contributed by atoms with Gasteiger partial charge in [0.15, 0.2) is 0 Å². The van der Waals surface area contributed by atoms with Crippen molar-refractivity contribution in [1.82, 2.24) is 4.72 Å². The second-order valence-electron chi connectivity index (χ2n) is 4.64. The van der Waals surface area contributed by atoms with Gasteiger partial charge in [0.1, 0.15) is 5.82 Å². The van der Waals surface area contributed by atoms with E-state index in [-0.39, 0.29) is 12.3 Å². The monoisotopic (exact) mass is 307 g/mol. The number of hydrogen-bond donors (Lipinski definition) is 2. The molecule has 0 aromatic heterocycles. The highest BCUT2D eigenvalue weighted by atomic mass is 32.2. The third-order valence-electron chi connectivity index (χ3n) is 2.40. The minimum absolute atomic E-state index is 0.0443. The molecule has 1 atom stereocenters. The Kier molecular flexibility index (Phi) is 5.79. The summed E-state index contributed by atoms with van der Waals surface area (Å²) in [6.07, 6.45) is 1.83. The lowest BCUT2D eigenvalue weighted by atomic mass is 10.1. The van der Waals surface area contributed by atoms with Crippen LogP contribution in [0.2, 0.25) is 0 Å². The summed E-state index contributed by atoms with van der Waals surface area (Å²) in [6.45, 7) is 1.53. The summed E-state index contributed by atoms with van der Waals surface area (Å²) in [5.74, 6) is -0.202. The van der Waals surface area contributed by atoms with Gasteiger partial charge in [0.05, 0.1) is 11.4 Å². The first-order valence-corrected chi connectivity index (χ1v) is 8.72. The number of hydrogen-bond acceptors (Lipinski definition) is 4. The van der Waals surface area contributed by atoms with E-state index in [9.17, 15) is 17.9 Å². The molecule has 0 aliphatic carbocycles. The fourth-order valence-electron chi connectivity index (χ4n) is 1.48. The molecule has 0 fully saturated rings. The fourth-order valence-corrected chi connectivity index (χ4v) is 3.47. The second kappa shape index (κ2) is 6.69. The van der Waals surface area contributed by atoms with E-state index in [1.54, 1.807) is 6.92 Å². The van der Waals surface area contributed by atoms with Crippen LogP contribution in [0.4, 0.5) is 4.39 Å². The van der Waals surface area contributed by atoms with Gasteiger partial charge in [-0.25, -0.2) is 17.5 Å². The first-order valence-electron chi connectivity index (χ1n) is 5.67. The molecular formula is C12H18FNO3S2. The molecule has 7 heteroatoms. The smallest absolute Gasteiger partial charge is 0.215 e. The zero-order valence-corrected chi connectivity index (χ0v) is 12.5. The van der Waals surface area contributed by atoms with Crippen molar-refractivity contribution in [3.05, 3.63) is 35.6 Å². The summed E-state index contributed by atoms with van der Waals surface area (Å²) in [6, 6.07) is 5.28. The molecule has 0 spiro atoms. The quantitative estimate of drug-likeness (QED) is 0.798. The predicted molar refractivity (Wildman–Crippen MR) is 76.0 cm³/mol. The molecule has 0 heterocycles. The van der Waals surface area contributed by atoms with Crippen molar-refractivity contribution < 1.29 is 17.9 Å². The molecule has 0 amide bonds. The number of rotatable bonds is 7. The predicted octanol–water partition coefficient (Wildman–Crippen LogP) is 1.36. The summed E-state index contributed by atoms with van der Waals surface area (Å²) < 4.78 is 38.7. The number of benzene rings is 1. The van der Waals surface area contributed by atoms with Crippen LogP contribution in [-0.2, 0) is 15.8 Å². The van der Waals surface area contributed by atoms with Crippen molar-refractivity contribution in [3.8, 4) is 0 Å². The van der Waals surface area contributed by atoms with E-state index in [1.165, 1.54) is 36.0 Å². The molecule has 0 aliphatic heterocycles. The van der Waals surface area contributed by atoms with Crippen molar-refractivity contribution in [2.75, 3.05) is 18.6 Å². The number of sulfonamides is 1. The Morgan fingerprint density at radius 1 is 1.37 bits per heavy atom. The van der Waals surface area contributed by atoms with E-state index in [1.807, 2.05) is 6.26 Å². The molecular weight excluding hydrogens is 289 g/mol. The van der Waals surface area contributed by atoms with Gasteiger partial charge < -0.3 is 5.11 Å². The SMILES string of the molecule is CSCC(C)(O)CNS(=O)(=O)Cc1ccc(F)cc1. The van der Waals surface area contributed by atoms with E-state index < -0.39 is 21.4 Å². The van der Waals surface area contributed by atoms with E-state index in [4.69, 9.17) is 0 Å². The van der Waals surface area contributed by atoms with Crippen LogP contribution in [0.15, 0.2) is 24.3 Å². The average molecular weight is 307 g/mol. The molecule has 0 saturated heterocycles. The Morgan fingerprint density at radius 2 is 1.95 bits per heavy atom. The molecule has 0 saturated carbocycles. The lowest BCUT2D eigenvalue weighted by molar-refractivity contribution is 0.0908. The topological polar surface area (TPSA) is 66.4 Å². The largest absolute Gasteiger partial charge is 0.388 e. The molecule has 1 rings (SSSR count). The Bertz CT molecular complexity index is 500. The zero-order chi connectivity index (χ0) is 14.5. The van der Waals surface area contributed by atoms with E-state index in [2.05, 4.69) is 4.72 Å². The van der Waals surface area contributed by atoms with Crippen molar-refractivity contribution in [3.63, 3.8) is 0 Å². The van der Waals surface area contributed by atoms with Crippen LogP contribution in [0.5, 0.6) is 0 Å². The Balaban J connectivity index is 2.59. The number of aliphatic hydroxyl groups is 1. The first kappa shape index (κ1) is 16.4. The molecule has 108 valence electrons. The van der Waals surface area contributed by atoms with Crippen LogP contribution < -0.4 is 4.72 Å². The maximum atomic E-state index is 12.7. The highest BCUT2D eigenvalue weighted by molar-refractivity contribution is 7.98. The summed E-state index contributed by atoms with van der Waals surface area (Å²) in [4.78, 5) is 0. The van der Waals surface area contributed by atoms with Crippen molar-refractivity contribution in [1.29, 1.82) is 0 Å². The van der Waals surface area contributed by atoms with Gasteiger partial charge in [-0.3, -0.25) is 0 Å². The van der Waals surface area contributed by atoms with Gasteiger partial charge in [-0.05, 0) is 30.9 Å². The highest BCUT2D eigenvalue weighted by Crippen LogP contribution is 2.11. The Morgan fingerprint density at radius 3 is 2.47 bits per heavy atom. The summed E-state index contributed by atoms with van der Waals surface area (Å²) in [5.41, 5.74) is -0.589. The molecule has 4 nitrogen and oxygen atoms in total. The molecule has 2 N–H and O–H groups in total. The molecule has 1 unspecified atom stereocenters. The van der Waals surface area contributed by atoms with Crippen LogP contribution in [-0.4, -0.2) is 37.7 Å². The highest BCUT2D eigenvalue weighted by Gasteiger charge is 2.22. The zero-order valence-electron chi connectivity index (χ0n) is 10.9. The first-order chi connectivity index (χ1) is 8.74. The van der Waals surface area contributed by atoms with Gasteiger partial charge in [-0.15, -0.1) is 0 Å². The molecule has 1 aromatic rings. The number of thioether (sulfide) groups is 1. The Labute approximate surface area is 117 Å². The normalized spacial score (nSPS) is 15.2. The number of nitrogens with one attached hydrogen (secondary N) is 1. The maximum Gasteiger partial charge on any atom is 0.215 e. The van der Waals surface area contributed by atoms with Crippen LogP contribution in [0.3, 0.4) is 0 Å². The van der Waals surface area contributed by atoms with Crippen LogP contribution in [0, 0.1) is 5.82 Å².